The van der Waals surface area contributed by atoms with Gasteiger partial charge in [0.05, 0.1) is 0 Å². The zero-order valence-electron chi connectivity index (χ0n) is 7.63. The zero-order valence-corrected chi connectivity index (χ0v) is 7.63. The van der Waals surface area contributed by atoms with Crippen LogP contribution in [0.25, 0.3) is 0 Å². The Morgan fingerprint density at radius 3 is 2.42 bits per heavy atom. The lowest BCUT2D eigenvalue weighted by Crippen LogP contribution is -2.02. The molecule has 0 aliphatic heterocycles. The van der Waals surface area contributed by atoms with Crippen LogP contribution in [0.5, 0.6) is 0 Å². The highest BCUT2D eigenvalue weighted by Gasteiger charge is 1.90. The van der Waals surface area contributed by atoms with Crippen LogP contribution in [0.4, 0.5) is 5.69 Å². The highest BCUT2D eigenvalue weighted by atomic mass is 16.5. The van der Waals surface area contributed by atoms with Crippen LogP contribution in [0.3, 0.4) is 0 Å². The van der Waals surface area contributed by atoms with Crippen molar-refractivity contribution in [2.75, 3.05) is 19.2 Å². The minimum absolute atomic E-state index is 0.561. The fraction of sp³-hybridized carbons (Fsp3) is 0.400. The van der Waals surface area contributed by atoms with Gasteiger partial charge in [-0.1, -0.05) is 19.1 Å². The second-order valence-corrected chi connectivity index (χ2v) is 2.66. The SMILES string of the molecule is CCc1ccc(NCOC)cc1. The van der Waals surface area contributed by atoms with E-state index in [9.17, 15) is 0 Å². The summed E-state index contributed by atoms with van der Waals surface area (Å²) in [4.78, 5) is 0. The molecule has 1 N–H and O–H groups in total. The molecule has 0 amide bonds. The van der Waals surface area contributed by atoms with Crippen molar-refractivity contribution >= 4 is 5.69 Å². The van der Waals surface area contributed by atoms with Crippen molar-refractivity contribution in [2.45, 2.75) is 13.3 Å². The van der Waals surface area contributed by atoms with Gasteiger partial charge in [0, 0.05) is 12.8 Å². The average Bonchev–Trinajstić information content (AvgIpc) is 2.15. The van der Waals surface area contributed by atoms with Crippen molar-refractivity contribution in [1.29, 1.82) is 0 Å². The molecular formula is C10H15NO. The molecule has 2 heteroatoms. The minimum atomic E-state index is 0.561. The number of hydrogen-bond acceptors (Lipinski definition) is 2. The van der Waals surface area contributed by atoms with Crippen molar-refractivity contribution < 1.29 is 4.74 Å². The van der Waals surface area contributed by atoms with Gasteiger partial charge in [-0.15, -0.1) is 0 Å². The molecule has 0 fully saturated rings. The molecule has 0 aliphatic carbocycles. The third kappa shape index (κ3) is 2.55. The molecule has 12 heavy (non-hydrogen) atoms. The lowest BCUT2D eigenvalue weighted by molar-refractivity contribution is 0.221. The summed E-state index contributed by atoms with van der Waals surface area (Å²) < 4.78 is 4.89. The van der Waals surface area contributed by atoms with Crippen molar-refractivity contribution in [3.63, 3.8) is 0 Å². The van der Waals surface area contributed by atoms with Gasteiger partial charge >= 0.3 is 0 Å². The fourth-order valence-electron chi connectivity index (χ4n) is 1.01. The van der Waals surface area contributed by atoms with Gasteiger partial charge in [-0.2, -0.15) is 0 Å². The smallest absolute Gasteiger partial charge is 0.116 e. The summed E-state index contributed by atoms with van der Waals surface area (Å²) in [5.74, 6) is 0. The highest BCUT2D eigenvalue weighted by Crippen LogP contribution is 2.09. The number of benzene rings is 1. The summed E-state index contributed by atoms with van der Waals surface area (Å²) in [5.41, 5.74) is 2.46. The summed E-state index contributed by atoms with van der Waals surface area (Å²) in [7, 11) is 1.67. The topological polar surface area (TPSA) is 21.3 Å². The highest BCUT2D eigenvalue weighted by molar-refractivity contribution is 5.44. The van der Waals surface area contributed by atoms with Gasteiger partial charge < -0.3 is 10.1 Å². The number of rotatable bonds is 4. The predicted molar refractivity (Wildman–Crippen MR) is 51.3 cm³/mol. The molecule has 66 valence electrons. The van der Waals surface area contributed by atoms with Crippen molar-refractivity contribution in [1.82, 2.24) is 0 Å². The Bertz CT molecular complexity index is 218. The van der Waals surface area contributed by atoms with Gasteiger partial charge in [-0.25, -0.2) is 0 Å². The summed E-state index contributed by atoms with van der Waals surface area (Å²) in [6, 6.07) is 8.38. The molecule has 1 aromatic carbocycles. The second kappa shape index (κ2) is 4.78. The average molecular weight is 165 g/mol. The van der Waals surface area contributed by atoms with Crippen LogP contribution in [-0.4, -0.2) is 13.8 Å². The maximum absolute atomic E-state index is 4.89. The van der Waals surface area contributed by atoms with Gasteiger partial charge in [0.15, 0.2) is 0 Å². The first-order valence-electron chi connectivity index (χ1n) is 4.18. The Labute approximate surface area is 73.6 Å². The van der Waals surface area contributed by atoms with Crippen LogP contribution in [-0.2, 0) is 11.2 Å². The molecule has 0 radical (unpaired) electrons. The van der Waals surface area contributed by atoms with E-state index in [-0.39, 0.29) is 0 Å². The predicted octanol–water partition coefficient (Wildman–Crippen LogP) is 2.26. The summed E-state index contributed by atoms with van der Waals surface area (Å²) >= 11 is 0. The van der Waals surface area contributed by atoms with Crippen molar-refractivity contribution in [3.05, 3.63) is 29.8 Å². The lowest BCUT2D eigenvalue weighted by Gasteiger charge is -2.04. The quantitative estimate of drug-likeness (QED) is 0.691. The molecule has 0 atom stereocenters. The molecule has 1 aromatic rings. The van der Waals surface area contributed by atoms with Crippen molar-refractivity contribution in [2.24, 2.45) is 0 Å². The molecule has 0 spiro atoms. The van der Waals surface area contributed by atoms with Gasteiger partial charge in [0.1, 0.15) is 6.73 Å². The molecule has 0 saturated heterocycles. The number of ether oxygens (including phenoxy) is 1. The monoisotopic (exact) mass is 165 g/mol. The van der Waals surface area contributed by atoms with E-state index in [1.807, 2.05) is 0 Å². The molecule has 1 rings (SSSR count). The first-order chi connectivity index (χ1) is 5.86. The summed E-state index contributed by atoms with van der Waals surface area (Å²) in [5, 5.41) is 3.12. The van der Waals surface area contributed by atoms with Crippen LogP contribution in [0.15, 0.2) is 24.3 Å². The fourth-order valence-corrected chi connectivity index (χ4v) is 1.01. The molecule has 0 aliphatic rings. The zero-order chi connectivity index (χ0) is 8.81. The maximum atomic E-state index is 4.89. The van der Waals surface area contributed by atoms with E-state index in [1.54, 1.807) is 7.11 Å². The minimum Gasteiger partial charge on any atom is -0.365 e. The lowest BCUT2D eigenvalue weighted by atomic mass is 10.1. The molecular weight excluding hydrogens is 150 g/mol. The van der Waals surface area contributed by atoms with Gasteiger partial charge in [0.25, 0.3) is 0 Å². The van der Waals surface area contributed by atoms with Crippen LogP contribution in [0.2, 0.25) is 0 Å². The van der Waals surface area contributed by atoms with Crippen LogP contribution >= 0.6 is 0 Å². The molecule has 0 unspecified atom stereocenters. The summed E-state index contributed by atoms with van der Waals surface area (Å²) in [6.07, 6.45) is 1.09. The third-order valence-corrected chi connectivity index (χ3v) is 1.78. The van der Waals surface area contributed by atoms with E-state index in [0.717, 1.165) is 12.1 Å². The Kier molecular flexibility index (Phi) is 3.61. The normalized spacial score (nSPS) is 9.83. The first kappa shape index (κ1) is 9.07. The van der Waals surface area contributed by atoms with E-state index < -0.39 is 0 Å². The first-order valence-corrected chi connectivity index (χ1v) is 4.18. The van der Waals surface area contributed by atoms with Crippen LogP contribution < -0.4 is 5.32 Å². The van der Waals surface area contributed by atoms with Gasteiger partial charge in [-0.3, -0.25) is 0 Å². The molecule has 0 bridgehead atoms. The van der Waals surface area contributed by atoms with Crippen LogP contribution in [0.1, 0.15) is 12.5 Å². The molecule has 0 aromatic heterocycles. The molecule has 0 heterocycles. The van der Waals surface area contributed by atoms with E-state index in [2.05, 4.69) is 36.5 Å². The summed E-state index contributed by atoms with van der Waals surface area (Å²) in [6.45, 7) is 2.71. The maximum Gasteiger partial charge on any atom is 0.116 e. The second-order valence-electron chi connectivity index (χ2n) is 2.66. The third-order valence-electron chi connectivity index (χ3n) is 1.78. The van der Waals surface area contributed by atoms with E-state index in [1.165, 1.54) is 5.56 Å². The molecule has 0 saturated carbocycles. The Morgan fingerprint density at radius 2 is 1.92 bits per heavy atom. The van der Waals surface area contributed by atoms with E-state index in [0.29, 0.717) is 6.73 Å². The van der Waals surface area contributed by atoms with Crippen molar-refractivity contribution in [3.8, 4) is 0 Å². The van der Waals surface area contributed by atoms with Gasteiger partial charge in [0.2, 0.25) is 0 Å². The standard InChI is InChI=1S/C10H15NO/c1-3-9-4-6-10(7-5-9)11-8-12-2/h4-7,11H,3,8H2,1-2H3. The van der Waals surface area contributed by atoms with E-state index in [4.69, 9.17) is 4.74 Å². The largest absolute Gasteiger partial charge is 0.365 e. The number of nitrogens with one attached hydrogen (secondary N) is 1. The number of anilines is 1. The number of methoxy groups -OCH3 is 1. The Balaban J connectivity index is 2.53. The Morgan fingerprint density at radius 1 is 1.25 bits per heavy atom. The number of hydrogen-bond donors (Lipinski definition) is 1. The molecule has 2 nitrogen and oxygen atoms in total. The number of aryl methyl sites for hydroxylation is 1. The Hall–Kier alpha value is -1.02. The van der Waals surface area contributed by atoms with Crippen LogP contribution in [0, 0.1) is 0 Å². The van der Waals surface area contributed by atoms with Gasteiger partial charge in [-0.05, 0) is 24.1 Å². The van der Waals surface area contributed by atoms with E-state index >= 15 is 0 Å².